The first-order valence-electron chi connectivity index (χ1n) is 5.09. The standard InChI is InChI=1S/C11H16N2O3/c12-6-8-15-11-3-1-10(2-4-11)5-7-16-13-9-14/h1-4,9H,5-8,12H2,(H,13,14). The van der Waals surface area contributed by atoms with Crippen LogP contribution in [0.3, 0.4) is 0 Å². The maximum Gasteiger partial charge on any atom is 0.230 e. The van der Waals surface area contributed by atoms with Gasteiger partial charge in [0.2, 0.25) is 6.41 Å². The van der Waals surface area contributed by atoms with Crippen molar-refractivity contribution < 1.29 is 14.4 Å². The number of carbonyl (C=O) groups excluding carboxylic acids is 1. The van der Waals surface area contributed by atoms with Crippen LogP contribution in [0.2, 0.25) is 0 Å². The van der Waals surface area contributed by atoms with Crippen molar-refractivity contribution in [1.29, 1.82) is 0 Å². The molecule has 0 aliphatic rings. The SMILES string of the molecule is NCCOc1ccc(CCONC=O)cc1. The summed E-state index contributed by atoms with van der Waals surface area (Å²) >= 11 is 0. The van der Waals surface area contributed by atoms with E-state index >= 15 is 0 Å². The summed E-state index contributed by atoms with van der Waals surface area (Å²) in [4.78, 5) is 14.7. The number of rotatable bonds is 8. The zero-order valence-electron chi connectivity index (χ0n) is 9.02. The number of amides is 1. The molecular weight excluding hydrogens is 208 g/mol. The number of hydrogen-bond acceptors (Lipinski definition) is 4. The van der Waals surface area contributed by atoms with Crippen LogP contribution in [0.25, 0.3) is 0 Å². The van der Waals surface area contributed by atoms with Crippen LogP contribution in [0.1, 0.15) is 5.56 Å². The summed E-state index contributed by atoms with van der Waals surface area (Å²) in [6.45, 7) is 1.47. The summed E-state index contributed by atoms with van der Waals surface area (Å²) in [7, 11) is 0. The Morgan fingerprint density at radius 3 is 2.62 bits per heavy atom. The Morgan fingerprint density at radius 1 is 1.25 bits per heavy atom. The number of benzene rings is 1. The van der Waals surface area contributed by atoms with Gasteiger partial charge in [0, 0.05) is 6.54 Å². The van der Waals surface area contributed by atoms with E-state index in [9.17, 15) is 4.79 Å². The molecule has 0 fully saturated rings. The van der Waals surface area contributed by atoms with Gasteiger partial charge in [-0.05, 0) is 24.1 Å². The van der Waals surface area contributed by atoms with Gasteiger partial charge in [0.25, 0.3) is 0 Å². The van der Waals surface area contributed by atoms with Crippen molar-refractivity contribution in [2.24, 2.45) is 5.73 Å². The van der Waals surface area contributed by atoms with Crippen molar-refractivity contribution >= 4 is 6.41 Å². The number of ether oxygens (including phenoxy) is 1. The molecule has 0 saturated heterocycles. The minimum atomic E-state index is 0.446. The average Bonchev–Trinajstić information content (AvgIpc) is 2.33. The molecular formula is C11H16N2O3. The first-order valence-corrected chi connectivity index (χ1v) is 5.09. The Morgan fingerprint density at radius 2 is 2.00 bits per heavy atom. The van der Waals surface area contributed by atoms with Gasteiger partial charge in [-0.3, -0.25) is 9.63 Å². The fourth-order valence-electron chi connectivity index (χ4n) is 1.19. The predicted octanol–water partition coefficient (Wildman–Crippen LogP) is 0.244. The van der Waals surface area contributed by atoms with Crippen LogP contribution in [0.15, 0.2) is 24.3 Å². The molecule has 0 bridgehead atoms. The maximum absolute atomic E-state index is 9.90. The Labute approximate surface area is 94.5 Å². The van der Waals surface area contributed by atoms with Crippen molar-refractivity contribution in [3.63, 3.8) is 0 Å². The molecule has 5 nitrogen and oxygen atoms in total. The molecule has 0 spiro atoms. The Bertz CT molecular complexity index is 301. The van der Waals surface area contributed by atoms with E-state index in [1.807, 2.05) is 24.3 Å². The third kappa shape index (κ3) is 4.77. The highest BCUT2D eigenvalue weighted by Gasteiger charge is 1.95. The van der Waals surface area contributed by atoms with Gasteiger partial charge in [0.15, 0.2) is 0 Å². The third-order valence-corrected chi connectivity index (χ3v) is 1.93. The van der Waals surface area contributed by atoms with Crippen LogP contribution in [0.4, 0.5) is 0 Å². The largest absolute Gasteiger partial charge is 0.492 e. The Kier molecular flexibility index (Phi) is 5.98. The van der Waals surface area contributed by atoms with Crippen LogP contribution >= 0.6 is 0 Å². The lowest BCUT2D eigenvalue weighted by Gasteiger charge is -2.05. The monoisotopic (exact) mass is 224 g/mol. The first-order chi connectivity index (χ1) is 7.86. The quantitative estimate of drug-likeness (QED) is 0.377. The van der Waals surface area contributed by atoms with Gasteiger partial charge in [-0.15, -0.1) is 0 Å². The molecule has 0 aliphatic heterocycles. The number of hydrogen-bond donors (Lipinski definition) is 2. The van der Waals surface area contributed by atoms with Crippen LogP contribution in [0.5, 0.6) is 5.75 Å². The van der Waals surface area contributed by atoms with Crippen molar-refractivity contribution in [3.05, 3.63) is 29.8 Å². The second-order valence-electron chi connectivity index (χ2n) is 3.12. The molecule has 1 amide bonds. The first kappa shape index (κ1) is 12.5. The van der Waals surface area contributed by atoms with E-state index in [2.05, 4.69) is 5.48 Å². The highest BCUT2D eigenvalue weighted by atomic mass is 16.6. The molecule has 5 heteroatoms. The summed E-state index contributed by atoms with van der Waals surface area (Å²) in [5, 5.41) is 0. The van der Waals surface area contributed by atoms with E-state index in [-0.39, 0.29) is 0 Å². The van der Waals surface area contributed by atoms with Gasteiger partial charge in [0.05, 0.1) is 6.61 Å². The van der Waals surface area contributed by atoms with Crippen molar-refractivity contribution in [3.8, 4) is 5.75 Å². The predicted molar refractivity (Wildman–Crippen MR) is 59.8 cm³/mol. The maximum atomic E-state index is 9.90. The summed E-state index contributed by atoms with van der Waals surface area (Å²) in [6, 6.07) is 7.68. The van der Waals surface area contributed by atoms with Gasteiger partial charge < -0.3 is 10.5 Å². The zero-order valence-corrected chi connectivity index (χ0v) is 9.02. The van der Waals surface area contributed by atoms with Gasteiger partial charge in [-0.2, -0.15) is 0 Å². The van der Waals surface area contributed by atoms with Crippen molar-refractivity contribution in [2.75, 3.05) is 19.8 Å². The molecule has 0 heterocycles. The van der Waals surface area contributed by atoms with Crippen LogP contribution in [0, 0.1) is 0 Å². The van der Waals surface area contributed by atoms with Gasteiger partial charge in [0.1, 0.15) is 12.4 Å². The number of carbonyl (C=O) groups is 1. The Hall–Kier alpha value is -1.59. The van der Waals surface area contributed by atoms with E-state index in [0.717, 1.165) is 17.7 Å². The highest BCUT2D eigenvalue weighted by Crippen LogP contribution is 2.12. The lowest BCUT2D eigenvalue weighted by Crippen LogP contribution is -2.13. The van der Waals surface area contributed by atoms with Crippen LogP contribution in [-0.4, -0.2) is 26.2 Å². The van der Waals surface area contributed by atoms with Gasteiger partial charge in [-0.25, -0.2) is 5.48 Å². The molecule has 0 saturated carbocycles. The van der Waals surface area contributed by atoms with E-state index in [4.69, 9.17) is 15.3 Å². The second-order valence-corrected chi connectivity index (χ2v) is 3.12. The zero-order chi connectivity index (χ0) is 11.6. The molecule has 3 N–H and O–H groups in total. The molecule has 1 aromatic rings. The minimum absolute atomic E-state index is 0.446. The van der Waals surface area contributed by atoms with Gasteiger partial charge >= 0.3 is 0 Å². The van der Waals surface area contributed by atoms with E-state index < -0.39 is 0 Å². The van der Waals surface area contributed by atoms with E-state index in [1.165, 1.54) is 0 Å². The molecule has 0 aromatic heterocycles. The summed E-state index contributed by atoms with van der Waals surface area (Å²) in [5.41, 5.74) is 8.58. The number of nitrogens with one attached hydrogen (secondary N) is 1. The molecule has 0 atom stereocenters. The van der Waals surface area contributed by atoms with Crippen LogP contribution < -0.4 is 16.0 Å². The topological polar surface area (TPSA) is 73.6 Å². The van der Waals surface area contributed by atoms with Crippen LogP contribution in [-0.2, 0) is 16.1 Å². The highest BCUT2D eigenvalue weighted by molar-refractivity contribution is 5.43. The second kappa shape index (κ2) is 7.67. The van der Waals surface area contributed by atoms with E-state index in [1.54, 1.807) is 0 Å². The molecule has 0 aliphatic carbocycles. The summed E-state index contributed by atoms with van der Waals surface area (Å²) in [5.74, 6) is 0.807. The fraction of sp³-hybridized carbons (Fsp3) is 0.364. The lowest BCUT2D eigenvalue weighted by atomic mass is 10.1. The molecule has 0 unspecified atom stereocenters. The molecule has 88 valence electrons. The molecule has 0 radical (unpaired) electrons. The van der Waals surface area contributed by atoms with Crippen molar-refractivity contribution in [1.82, 2.24) is 5.48 Å². The van der Waals surface area contributed by atoms with Gasteiger partial charge in [-0.1, -0.05) is 12.1 Å². The summed E-state index contributed by atoms with van der Waals surface area (Å²) in [6.07, 6.45) is 1.24. The number of nitrogens with two attached hydrogens (primary N) is 1. The minimum Gasteiger partial charge on any atom is -0.492 e. The molecule has 1 rings (SSSR count). The molecule has 16 heavy (non-hydrogen) atoms. The van der Waals surface area contributed by atoms with E-state index in [0.29, 0.717) is 26.2 Å². The summed E-state index contributed by atoms with van der Waals surface area (Å²) < 4.78 is 5.34. The lowest BCUT2D eigenvalue weighted by molar-refractivity contribution is -0.120. The molecule has 1 aromatic carbocycles. The number of hydroxylamine groups is 1. The fourth-order valence-corrected chi connectivity index (χ4v) is 1.19. The smallest absolute Gasteiger partial charge is 0.230 e. The Balaban J connectivity index is 2.30. The normalized spacial score (nSPS) is 9.81. The third-order valence-electron chi connectivity index (χ3n) is 1.93. The average molecular weight is 224 g/mol. The van der Waals surface area contributed by atoms with Crippen molar-refractivity contribution in [2.45, 2.75) is 6.42 Å².